The lowest BCUT2D eigenvalue weighted by atomic mass is 10.1. The maximum Gasteiger partial charge on any atom is 0.159 e. The Kier molecular flexibility index (Phi) is 2.42. The zero-order chi connectivity index (χ0) is 9.14. The van der Waals surface area contributed by atoms with Crippen LogP contribution in [-0.2, 0) is 0 Å². The molecule has 4 nitrogen and oxygen atoms in total. The smallest absolute Gasteiger partial charge is 0.159 e. The quantitative estimate of drug-likeness (QED) is 0.517. The van der Waals surface area contributed by atoms with Crippen molar-refractivity contribution in [1.29, 1.82) is 0 Å². The van der Waals surface area contributed by atoms with Crippen LogP contribution in [0.5, 0.6) is 0 Å². The molecule has 0 saturated heterocycles. The number of benzene rings is 1. The van der Waals surface area contributed by atoms with Crippen LogP contribution in [0.25, 0.3) is 0 Å². The second kappa shape index (κ2) is 3.34. The van der Waals surface area contributed by atoms with Crippen molar-refractivity contribution in [3.63, 3.8) is 0 Å². The van der Waals surface area contributed by atoms with Crippen LogP contribution >= 0.6 is 0 Å². The lowest BCUT2D eigenvalue weighted by Gasteiger charge is -2.06. The molecule has 4 heteroatoms. The van der Waals surface area contributed by atoms with E-state index in [1.54, 1.807) is 0 Å². The number of carbonyl (C=O) groups is 1. The highest BCUT2D eigenvalue weighted by Gasteiger charge is 2.00. The molecule has 0 amide bonds. The minimum atomic E-state index is -0.0519. The Hall–Kier alpha value is -1.39. The third-order valence-corrected chi connectivity index (χ3v) is 1.50. The Balaban J connectivity index is 2.93. The predicted molar refractivity (Wildman–Crippen MR) is 42.5 cm³/mol. The summed E-state index contributed by atoms with van der Waals surface area (Å²) in [7, 11) is 0. The van der Waals surface area contributed by atoms with Gasteiger partial charge in [0.2, 0.25) is 0 Å². The SMILES string of the molecule is CC(=O)c1ccc(N(O)O)cc1. The Morgan fingerprint density at radius 1 is 1.25 bits per heavy atom. The number of nitrogens with zero attached hydrogens (tertiary/aromatic N) is 1. The monoisotopic (exact) mass is 167 g/mol. The van der Waals surface area contributed by atoms with Crippen LogP contribution in [-0.4, -0.2) is 16.2 Å². The van der Waals surface area contributed by atoms with E-state index in [2.05, 4.69) is 0 Å². The summed E-state index contributed by atoms with van der Waals surface area (Å²) in [6, 6.07) is 5.93. The Bertz CT molecular complexity index is 279. The van der Waals surface area contributed by atoms with Gasteiger partial charge in [0.25, 0.3) is 0 Å². The number of hydrogen-bond acceptors (Lipinski definition) is 4. The van der Waals surface area contributed by atoms with Crippen LogP contribution in [0.1, 0.15) is 17.3 Å². The van der Waals surface area contributed by atoms with E-state index in [-0.39, 0.29) is 16.7 Å². The van der Waals surface area contributed by atoms with Gasteiger partial charge < -0.3 is 0 Å². The fourth-order valence-corrected chi connectivity index (χ4v) is 0.829. The Morgan fingerprint density at radius 2 is 1.75 bits per heavy atom. The van der Waals surface area contributed by atoms with Crippen molar-refractivity contribution in [3.8, 4) is 0 Å². The van der Waals surface area contributed by atoms with E-state index in [0.717, 1.165) is 0 Å². The normalized spacial score (nSPS) is 9.58. The summed E-state index contributed by atoms with van der Waals surface area (Å²) in [6.45, 7) is 1.45. The first-order valence-corrected chi connectivity index (χ1v) is 3.40. The molecule has 0 saturated carbocycles. The lowest BCUT2D eigenvalue weighted by molar-refractivity contribution is 0.0291. The van der Waals surface area contributed by atoms with Crippen molar-refractivity contribution in [1.82, 2.24) is 0 Å². The number of ketones is 1. The van der Waals surface area contributed by atoms with E-state index in [4.69, 9.17) is 10.4 Å². The van der Waals surface area contributed by atoms with Crippen LogP contribution in [0.4, 0.5) is 5.69 Å². The third kappa shape index (κ3) is 1.81. The van der Waals surface area contributed by atoms with Crippen LogP contribution in [0, 0.1) is 0 Å². The van der Waals surface area contributed by atoms with Gasteiger partial charge >= 0.3 is 0 Å². The molecular formula is C8H9NO3. The zero-order valence-electron chi connectivity index (χ0n) is 6.56. The third-order valence-electron chi connectivity index (χ3n) is 1.50. The van der Waals surface area contributed by atoms with Crippen molar-refractivity contribution < 1.29 is 15.2 Å². The minimum absolute atomic E-state index is 0.00389. The Labute approximate surface area is 69.6 Å². The minimum Gasteiger partial charge on any atom is -0.295 e. The Morgan fingerprint density at radius 3 is 2.08 bits per heavy atom. The van der Waals surface area contributed by atoms with Gasteiger partial charge in [-0.25, -0.2) is 0 Å². The van der Waals surface area contributed by atoms with Crippen LogP contribution in [0.3, 0.4) is 0 Å². The van der Waals surface area contributed by atoms with Crippen LogP contribution in [0.15, 0.2) is 24.3 Å². The molecule has 0 spiro atoms. The highest BCUT2D eigenvalue weighted by molar-refractivity contribution is 5.94. The molecule has 1 rings (SSSR count). The van der Waals surface area contributed by atoms with Gasteiger partial charge in [0, 0.05) is 5.56 Å². The molecule has 0 bridgehead atoms. The molecule has 0 unspecified atom stereocenters. The van der Waals surface area contributed by atoms with Gasteiger partial charge in [-0.2, -0.15) is 0 Å². The second-order valence-electron chi connectivity index (χ2n) is 2.39. The van der Waals surface area contributed by atoms with Gasteiger partial charge in [-0.05, 0) is 31.2 Å². The largest absolute Gasteiger partial charge is 0.295 e. The first kappa shape index (κ1) is 8.70. The molecule has 0 aliphatic heterocycles. The first-order valence-electron chi connectivity index (χ1n) is 3.40. The van der Waals surface area contributed by atoms with Crippen molar-refractivity contribution in [3.05, 3.63) is 29.8 Å². The summed E-state index contributed by atoms with van der Waals surface area (Å²) in [6.07, 6.45) is 0. The first-order chi connectivity index (χ1) is 5.61. The van der Waals surface area contributed by atoms with Gasteiger partial charge in [-0.15, -0.1) is 5.23 Å². The molecule has 1 aromatic carbocycles. The fraction of sp³-hybridized carbons (Fsp3) is 0.125. The van der Waals surface area contributed by atoms with Gasteiger partial charge in [-0.1, -0.05) is 0 Å². The van der Waals surface area contributed by atoms with Gasteiger partial charge in [0.1, 0.15) is 0 Å². The standard InChI is InChI=1S/C8H9NO3/c1-6(10)7-2-4-8(5-3-7)9(11)12/h2-5,11-12H,1H3. The van der Waals surface area contributed by atoms with E-state index in [1.165, 1.54) is 31.2 Å². The second-order valence-corrected chi connectivity index (χ2v) is 2.39. The summed E-state index contributed by atoms with van der Waals surface area (Å²) in [5.74, 6) is -0.0519. The number of rotatable bonds is 2. The van der Waals surface area contributed by atoms with E-state index in [9.17, 15) is 4.79 Å². The molecule has 12 heavy (non-hydrogen) atoms. The fourth-order valence-electron chi connectivity index (χ4n) is 0.829. The summed E-state index contributed by atoms with van der Waals surface area (Å²) in [5, 5.41) is 17.1. The molecule has 1 aromatic rings. The molecule has 64 valence electrons. The average Bonchev–Trinajstić information content (AvgIpc) is 2.04. The topological polar surface area (TPSA) is 60.8 Å². The molecule has 0 radical (unpaired) electrons. The van der Waals surface area contributed by atoms with E-state index in [1.807, 2.05) is 0 Å². The summed E-state index contributed by atoms with van der Waals surface area (Å²) >= 11 is 0. The average molecular weight is 167 g/mol. The number of Topliss-reactive ketones (excluding diaryl/α,β-unsaturated/α-hetero) is 1. The summed E-state index contributed by atoms with van der Waals surface area (Å²) < 4.78 is 0. The van der Waals surface area contributed by atoms with Gasteiger partial charge in [-0.3, -0.25) is 15.2 Å². The van der Waals surface area contributed by atoms with Gasteiger partial charge in [0.05, 0.1) is 5.69 Å². The molecular weight excluding hydrogens is 158 g/mol. The molecule has 0 aliphatic carbocycles. The van der Waals surface area contributed by atoms with Crippen LogP contribution in [0.2, 0.25) is 0 Å². The van der Waals surface area contributed by atoms with Gasteiger partial charge in [0.15, 0.2) is 5.78 Å². The van der Waals surface area contributed by atoms with E-state index >= 15 is 0 Å². The maximum absolute atomic E-state index is 10.8. The molecule has 2 N–H and O–H groups in total. The molecule has 0 fully saturated rings. The molecule has 0 heterocycles. The number of hydrogen-bond donors (Lipinski definition) is 2. The molecule has 0 aliphatic rings. The van der Waals surface area contributed by atoms with Crippen molar-refractivity contribution in [2.45, 2.75) is 6.92 Å². The summed E-state index contributed by atoms with van der Waals surface area (Å²) in [4.78, 5) is 10.8. The zero-order valence-corrected chi connectivity index (χ0v) is 6.56. The number of anilines is 1. The van der Waals surface area contributed by atoms with E-state index in [0.29, 0.717) is 5.56 Å². The van der Waals surface area contributed by atoms with Crippen molar-refractivity contribution >= 4 is 11.5 Å². The predicted octanol–water partition coefficient (Wildman–Crippen LogP) is 1.47. The van der Waals surface area contributed by atoms with Crippen molar-refractivity contribution in [2.24, 2.45) is 0 Å². The number of carbonyl (C=O) groups excluding carboxylic acids is 1. The van der Waals surface area contributed by atoms with Crippen molar-refractivity contribution in [2.75, 3.05) is 5.23 Å². The van der Waals surface area contributed by atoms with E-state index < -0.39 is 0 Å². The lowest BCUT2D eigenvalue weighted by Crippen LogP contribution is -2.10. The molecule has 0 aromatic heterocycles. The maximum atomic E-state index is 10.8. The highest BCUT2D eigenvalue weighted by Crippen LogP contribution is 2.11. The van der Waals surface area contributed by atoms with Crippen LogP contribution < -0.4 is 5.23 Å². The highest BCUT2D eigenvalue weighted by atomic mass is 16.8. The molecule has 0 atom stereocenters. The summed E-state index contributed by atoms with van der Waals surface area (Å²) in [5.41, 5.74) is 0.764.